The van der Waals surface area contributed by atoms with Crippen LogP contribution in [-0.4, -0.2) is 28.0 Å². The Morgan fingerprint density at radius 3 is 2.39 bits per heavy atom. The lowest BCUT2D eigenvalue weighted by Gasteiger charge is -2.10. The Balaban J connectivity index is 1.84. The number of carbonyl (C=O) groups is 1. The molecule has 1 amide bonds. The van der Waals surface area contributed by atoms with Gasteiger partial charge in [0.05, 0.1) is 17.6 Å². The Morgan fingerprint density at radius 2 is 1.79 bits per heavy atom. The van der Waals surface area contributed by atoms with Crippen molar-refractivity contribution in [3.8, 4) is 5.75 Å². The fraction of sp³-hybridized carbons (Fsp3) is 0.278. The van der Waals surface area contributed by atoms with Gasteiger partial charge in [0.25, 0.3) is 0 Å². The number of nitrogens with one attached hydrogen (secondary N) is 2. The Kier molecular flexibility index (Phi) is 7.03. The first kappa shape index (κ1) is 21.7. The minimum atomic E-state index is -4.63. The molecule has 0 saturated carbocycles. The zero-order valence-electron chi connectivity index (χ0n) is 14.9. The lowest BCUT2D eigenvalue weighted by atomic mass is 10.2. The van der Waals surface area contributed by atoms with Crippen LogP contribution in [-0.2, 0) is 21.0 Å². The van der Waals surface area contributed by atoms with E-state index in [1.807, 2.05) is 0 Å². The number of methoxy groups -OCH3 is 1. The third-order valence-electron chi connectivity index (χ3n) is 3.72. The molecular weight excluding hydrogens is 397 g/mol. The molecule has 10 heteroatoms. The maximum absolute atomic E-state index is 12.7. The summed E-state index contributed by atoms with van der Waals surface area (Å²) >= 11 is 0. The Morgan fingerprint density at radius 1 is 1.11 bits per heavy atom. The summed E-state index contributed by atoms with van der Waals surface area (Å²) < 4.78 is 69.6. The fourth-order valence-electron chi connectivity index (χ4n) is 2.28. The standard InChI is InChI=1S/C18H19F3N2O4S/c1-27-15-9-7-14(8-10-15)23-17(24)6-3-11-22-28(25,26)16-5-2-4-13(12-16)18(19,20)21/h2,4-5,7-10,12,22H,3,6,11H2,1H3,(H,23,24). The molecule has 0 aliphatic rings. The predicted molar refractivity (Wildman–Crippen MR) is 97.5 cm³/mol. The molecule has 0 fully saturated rings. The number of rotatable bonds is 8. The quantitative estimate of drug-likeness (QED) is 0.646. The van der Waals surface area contributed by atoms with E-state index in [1.165, 1.54) is 7.11 Å². The molecule has 0 aliphatic heterocycles. The van der Waals surface area contributed by atoms with Gasteiger partial charge < -0.3 is 10.1 Å². The molecule has 2 aromatic rings. The summed E-state index contributed by atoms with van der Waals surface area (Å²) in [6, 6.07) is 10.1. The van der Waals surface area contributed by atoms with Gasteiger partial charge in [0.15, 0.2) is 0 Å². The first-order valence-electron chi connectivity index (χ1n) is 8.22. The van der Waals surface area contributed by atoms with Gasteiger partial charge in [-0.3, -0.25) is 4.79 Å². The van der Waals surface area contributed by atoms with E-state index in [0.717, 1.165) is 18.2 Å². The number of hydrogen-bond donors (Lipinski definition) is 2. The van der Waals surface area contributed by atoms with Crippen molar-refractivity contribution in [3.63, 3.8) is 0 Å². The highest BCUT2D eigenvalue weighted by atomic mass is 32.2. The number of carbonyl (C=O) groups excluding carboxylic acids is 1. The molecule has 0 spiro atoms. The first-order valence-corrected chi connectivity index (χ1v) is 9.71. The summed E-state index contributed by atoms with van der Waals surface area (Å²) in [5, 5.41) is 2.65. The van der Waals surface area contributed by atoms with E-state index in [2.05, 4.69) is 10.0 Å². The number of alkyl halides is 3. The summed E-state index contributed by atoms with van der Waals surface area (Å²) in [6.45, 7) is -0.0887. The van der Waals surface area contributed by atoms with Gasteiger partial charge in [0, 0.05) is 18.7 Å². The highest BCUT2D eigenvalue weighted by molar-refractivity contribution is 7.89. The van der Waals surface area contributed by atoms with Crippen molar-refractivity contribution in [2.24, 2.45) is 0 Å². The zero-order chi connectivity index (χ0) is 20.8. The van der Waals surface area contributed by atoms with Crippen LogP contribution in [0.4, 0.5) is 18.9 Å². The summed E-state index contributed by atoms with van der Waals surface area (Å²) in [5.74, 6) is 0.324. The van der Waals surface area contributed by atoms with Crippen molar-refractivity contribution in [1.29, 1.82) is 0 Å². The van der Waals surface area contributed by atoms with Gasteiger partial charge >= 0.3 is 6.18 Å². The van der Waals surface area contributed by atoms with E-state index in [0.29, 0.717) is 17.5 Å². The minimum absolute atomic E-state index is 0.0388. The molecule has 0 aliphatic carbocycles. The molecular formula is C18H19F3N2O4S. The summed E-state index contributed by atoms with van der Waals surface area (Å²) in [7, 11) is -2.58. The van der Waals surface area contributed by atoms with E-state index >= 15 is 0 Å². The molecule has 0 saturated heterocycles. The second-order valence-electron chi connectivity index (χ2n) is 5.80. The van der Waals surface area contributed by atoms with Gasteiger partial charge in [-0.2, -0.15) is 13.2 Å². The van der Waals surface area contributed by atoms with Gasteiger partial charge in [-0.1, -0.05) is 6.07 Å². The predicted octanol–water partition coefficient (Wildman–Crippen LogP) is 3.41. The average Bonchev–Trinajstić information content (AvgIpc) is 2.65. The molecule has 0 atom stereocenters. The number of ether oxygens (including phenoxy) is 1. The van der Waals surface area contributed by atoms with Crippen LogP contribution in [0, 0.1) is 0 Å². The van der Waals surface area contributed by atoms with Crippen molar-refractivity contribution in [2.45, 2.75) is 23.9 Å². The number of halogens is 3. The Bertz CT molecular complexity index is 913. The van der Waals surface area contributed by atoms with Crippen molar-refractivity contribution >= 4 is 21.6 Å². The summed E-state index contributed by atoms with van der Waals surface area (Å²) in [5.41, 5.74) is -0.482. The topological polar surface area (TPSA) is 84.5 Å². The average molecular weight is 416 g/mol. The SMILES string of the molecule is COc1ccc(NC(=O)CCCNS(=O)(=O)c2cccc(C(F)(F)F)c2)cc1. The molecule has 0 heterocycles. The first-order chi connectivity index (χ1) is 13.1. The minimum Gasteiger partial charge on any atom is -0.497 e. The van der Waals surface area contributed by atoms with E-state index in [1.54, 1.807) is 24.3 Å². The van der Waals surface area contributed by atoms with E-state index < -0.39 is 26.7 Å². The number of hydrogen-bond acceptors (Lipinski definition) is 4. The van der Waals surface area contributed by atoms with Crippen molar-refractivity contribution in [1.82, 2.24) is 4.72 Å². The van der Waals surface area contributed by atoms with Crippen LogP contribution < -0.4 is 14.8 Å². The monoisotopic (exact) mass is 416 g/mol. The molecule has 0 bridgehead atoms. The van der Waals surface area contributed by atoms with Gasteiger partial charge in [0.1, 0.15) is 5.75 Å². The smallest absolute Gasteiger partial charge is 0.416 e. The van der Waals surface area contributed by atoms with Crippen LogP contribution in [0.5, 0.6) is 5.75 Å². The zero-order valence-corrected chi connectivity index (χ0v) is 15.7. The maximum Gasteiger partial charge on any atom is 0.416 e. The molecule has 28 heavy (non-hydrogen) atoms. The second-order valence-corrected chi connectivity index (χ2v) is 7.57. The second kappa shape index (κ2) is 9.07. The van der Waals surface area contributed by atoms with E-state index in [9.17, 15) is 26.4 Å². The summed E-state index contributed by atoms with van der Waals surface area (Å²) in [6.07, 6.45) is -4.41. The molecule has 2 aromatic carbocycles. The normalized spacial score (nSPS) is 11.9. The number of benzene rings is 2. The molecule has 2 N–H and O–H groups in total. The van der Waals surface area contributed by atoms with Crippen LogP contribution in [0.15, 0.2) is 53.4 Å². The lowest BCUT2D eigenvalue weighted by molar-refractivity contribution is -0.137. The lowest BCUT2D eigenvalue weighted by Crippen LogP contribution is -2.26. The highest BCUT2D eigenvalue weighted by Gasteiger charge is 2.31. The molecule has 6 nitrogen and oxygen atoms in total. The highest BCUT2D eigenvalue weighted by Crippen LogP contribution is 2.30. The van der Waals surface area contributed by atoms with E-state index in [-0.39, 0.29) is 25.3 Å². The maximum atomic E-state index is 12.7. The number of anilines is 1. The van der Waals surface area contributed by atoms with Gasteiger partial charge in [-0.25, -0.2) is 13.1 Å². The third kappa shape index (κ3) is 6.24. The van der Waals surface area contributed by atoms with Crippen molar-refractivity contribution in [3.05, 3.63) is 54.1 Å². The van der Waals surface area contributed by atoms with Crippen LogP contribution in [0.2, 0.25) is 0 Å². The van der Waals surface area contributed by atoms with E-state index in [4.69, 9.17) is 4.74 Å². The van der Waals surface area contributed by atoms with Gasteiger partial charge in [-0.05, 0) is 48.9 Å². The van der Waals surface area contributed by atoms with Crippen molar-refractivity contribution in [2.75, 3.05) is 19.0 Å². The summed E-state index contributed by atoms with van der Waals surface area (Å²) in [4.78, 5) is 11.4. The van der Waals surface area contributed by atoms with Crippen molar-refractivity contribution < 1.29 is 31.1 Å². The molecule has 152 valence electrons. The Hall–Kier alpha value is -2.59. The number of amides is 1. The Labute approximate surface area is 160 Å². The molecule has 2 rings (SSSR count). The fourth-order valence-corrected chi connectivity index (χ4v) is 3.40. The third-order valence-corrected chi connectivity index (χ3v) is 5.18. The van der Waals surface area contributed by atoms with Crippen LogP contribution in [0.25, 0.3) is 0 Å². The van der Waals surface area contributed by atoms with Crippen LogP contribution >= 0.6 is 0 Å². The van der Waals surface area contributed by atoms with Gasteiger partial charge in [0.2, 0.25) is 15.9 Å². The largest absolute Gasteiger partial charge is 0.497 e. The molecule has 0 radical (unpaired) electrons. The number of sulfonamides is 1. The molecule has 0 unspecified atom stereocenters. The van der Waals surface area contributed by atoms with Gasteiger partial charge in [-0.15, -0.1) is 0 Å². The van der Waals surface area contributed by atoms with Crippen LogP contribution in [0.3, 0.4) is 0 Å². The molecule has 0 aromatic heterocycles. The van der Waals surface area contributed by atoms with Crippen LogP contribution in [0.1, 0.15) is 18.4 Å².